The normalized spacial score (nSPS) is 15.0. The summed E-state index contributed by atoms with van der Waals surface area (Å²) in [7, 11) is 0. The molecule has 5 heteroatoms. The Kier molecular flexibility index (Phi) is 5.49. The number of benzene rings is 1. The summed E-state index contributed by atoms with van der Waals surface area (Å²) in [6, 6.07) is 9.71. The summed E-state index contributed by atoms with van der Waals surface area (Å²) in [4.78, 5) is 24.7. The predicted octanol–water partition coefficient (Wildman–Crippen LogP) is 3.86. The van der Waals surface area contributed by atoms with Crippen molar-refractivity contribution >= 4 is 22.7 Å². The standard InChI is InChI=1S/C20H22N2O3/c21-11-6-12-22-13-17(16-9-4-5-10-18(16)22)19(23)14-25-20(24)15-7-2-1-3-8-15/h4-5,9-10,13,15H,1-3,6-8,12,14H2. The second-order valence-corrected chi connectivity index (χ2v) is 6.53. The first-order valence-corrected chi connectivity index (χ1v) is 8.85. The number of carbonyl (C=O) groups is 2. The number of hydrogen-bond acceptors (Lipinski definition) is 4. The fraction of sp³-hybridized carbons (Fsp3) is 0.450. The minimum Gasteiger partial charge on any atom is -0.457 e. The average molecular weight is 338 g/mol. The van der Waals surface area contributed by atoms with Crippen LogP contribution >= 0.6 is 0 Å². The van der Waals surface area contributed by atoms with E-state index >= 15 is 0 Å². The van der Waals surface area contributed by atoms with E-state index in [0.717, 1.165) is 36.6 Å². The van der Waals surface area contributed by atoms with Crippen molar-refractivity contribution in [1.29, 1.82) is 5.26 Å². The molecule has 2 aromatic rings. The van der Waals surface area contributed by atoms with Crippen molar-refractivity contribution in [3.8, 4) is 6.07 Å². The maximum Gasteiger partial charge on any atom is 0.309 e. The number of ether oxygens (including phenoxy) is 1. The van der Waals surface area contributed by atoms with Crippen LogP contribution in [0.5, 0.6) is 0 Å². The number of para-hydroxylation sites is 1. The van der Waals surface area contributed by atoms with Crippen LogP contribution < -0.4 is 0 Å². The van der Waals surface area contributed by atoms with Gasteiger partial charge in [0.1, 0.15) is 0 Å². The molecule has 0 atom stereocenters. The molecule has 0 unspecified atom stereocenters. The van der Waals surface area contributed by atoms with Crippen molar-refractivity contribution in [3.05, 3.63) is 36.0 Å². The molecule has 0 aliphatic heterocycles. The van der Waals surface area contributed by atoms with Crippen LogP contribution in [-0.2, 0) is 16.1 Å². The van der Waals surface area contributed by atoms with E-state index in [9.17, 15) is 9.59 Å². The number of nitrogens with zero attached hydrogens (tertiary/aromatic N) is 2. The van der Waals surface area contributed by atoms with Crippen molar-refractivity contribution in [2.45, 2.75) is 45.1 Å². The maximum atomic E-state index is 12.6. The Morgan fingerprint density at radius 3 is 2.72 bits per heavy atom. The topological polar surface area (TPSA) is 72.1 Å². The van der Waals surface area contributed by atoms with Crippen LogP contribution in [0.2, 0.25) is 0 Å². The highest BCUT2D eigenvalue weighted by atomic mass is 16.5. The number of carbonyl (C=O) groups excluding carboxylic acids is 2. The van der Waals surface area contributed by atoms with Gasteiger partial charge in [0.2, 0.25) is 5.78 Å². The van der Waals surface area contributed by atoms with Gasteiger partial charge in [0.05, 0.1) is 18.4 Å². The smallest absolute Gasteiger partial charge is 0.309 e. The van der Waals surface area contributed by atoms with Crippen molar-refractivity contribution in [1.82, 2.24) is 4.57 Å². The number of aromatic nitrogens is 1. The zero-order chi connectivity index (χ0) is 17.6. The first-order chi connectivity index (χ1) is 12.2. The molecule has 130 valence electrons. The van der Waals surface area contributed by atoms with E-state index in [1.807, 2.05) is 28.8 Å². The Morgan fingerprint density at radius 1 is 1.20 bits per heavy atom. The number of aryl methyl sites for hydroxylation is 1. The molecule has 5 nitrogen and oxygen atoms in total. The lowest BCUT2D eigenvalue weighted by Crippen LogP contribution is -2.23. The van der Waals surface area contributed by atoms with Gasteiger partial charge < -0.3 is 9.30 Å². The van der Waals surface area contributed by atoms with Gasteiger partial charge in [-0.3, -0.25) is 9.59 Å². The lowest BCUT2D eigenvalue weighted by molar-refractivity contribution is -0.148. The largest absolute Gasteiger partial charge is 0.457 e. The molecule has 25 heavy (non-hydrogen) atoms. The summed E-state index contributed by atoms with van der Waals surface area (Å²) in [6.45, 7) is 0.313. The van der Waals surface area contributed by atoms with Gasteiger partial charge in [-0.1, -0.05) is 37.5 Å². The molecule has 1 aromatic heterocycles. The van der Waals surface area contributed by atoms with E-state index in [1.165, 1.54) is 6.42 Å². The summed E-state index contributed by atoms with van der Waals surface area (Å²) in [5.41, 5.74) is 1.46. The molecule has 0 amide bonds. The highest BCUT2D eigenvalue weighted by Gasteiger charge is 2.24. The third-order valence-electron chi connectivity index (χ3n) is 4.84. The number of ketones is 1. The molecule has 1 aliphatic carbocycles. The van der Waals surface area contributed by atoms with Crippen molar-refractivity contribution < 1.29 is 14.3 Å². The average Bonchev–Trinajstić information content (AvgIpc) is 3.04. The molecule has 3 rings (SSSR count). The van der Waals surface area contributed by atoms with E-state index in [-0.39, 0.29) is 24.3 Å². The zero-order valence-corrected chi connectivity index (χ0v) is 14.2. The highest BCUT2D eigenvalue weighted by molar-refractivity contribution is 6.09. The Labute approximate surface area is 147 Å². The van der Waals surface area contributed by atoms with E-state index in [4.69, 9.17) is 10.00 Å². The predicted molar refractivity (Wildman–Crippen MR) is 94.0 cm³/mol. The second-order valence-electron chi connectivity index (χ2n) is 6.53. The molecular formula is C20H22N2O3. The number of Topliss-reactive ketones (excluding diaryl/α,β-unsaturated/α-hetero) is 1. The molecule has 1 heterocycles. The lowest BCUT2D eigenvalue weighted by atomic mass is 9.89. The Bertz CT molecular complexity index is 810. The maximum absolute atomic E-state index is 12.6. The SMILES string of the molecule is N#CCCn1cc(C(=O)COC(=O)C2CCCCC2)c2ccccc21. The fourth-order valence-corrected chi connectivity index (χ4v) is 3.49. The Balaban J connectivity index is 1.71. The Morgan fingerprint density at radius 2 is 1.96 bits per heavy atom. The van der Waals surface area contributed by atoms with E-state index < -0.39 is 0 Å². The van der Waals surface area contributed by atoms with Crippen molar-refractivity contribution in [3.63, 3.8) is 0 Å². The summed E-state index contributed by atoms with van der Waals surface area (Å²) >= 11 is 0. The second kappa shape index (κ2) is 7.98. The van der Waals surface area contributed by atoms with Crippen LogP contribution in [0.15, 0.2) is 30.5 Å². The molecular weight excluding hydrogens is 316 g/mol. The van der Waals surface area contributed by atoms with Gasteiger partial charge >= 0.3 is 5.97 Å². The van der Waals surface area contributed by atoms with Gasteiger partial charge in [0.25, 0.3) is 0 Å². The summed E-state index contributed by atoms with van der Waals surface area (Å²) < 4.78 is 7.20. The number of esters is 1. The van der Waals surface area contributed by atoms with E-state index in [1.54, 1.807) is 6.20 Å². The summed E-state index contributed by atoms with van der Waals surface area (Å²) in [5.74, 6) is -0.504. The minimum absolute atomic E-state index is 0.0569. The zero-order valence-electron chi connectivity index (χ0n) is 14.2. The third-order valence-corrected chi connectivity index (χ3v) is 4.84. The molecule has 0 bridgehead atoms. The first kappa shape index (κ1) is 17.2. The molecule has 0 spiro atoms. The molecule has 1 aliphatic rings. The highest BCUT2D eigenvalue weighted by Crippen LogP contribution is 2.25. The molecule has 1 fully saturated rings. The number of hydrogen-bond donors (Lipinski definition) is 0. The fourth-order valence-electron chi connectivity index (χ4n) is 3.49. The van der Waals surface area contributed by atoms with Crippen molar-refractivity contribution in [2.75, 3.05) is 6.61 Å². The molecule has 0 radical (unpaired) electrons. The number of nitriles is 1. The number of fused-ring (bicyclic) bond motifs is 1. The summed E-state index contributed by atoms with van der Waals surface area (Å²) in [6.07, 6.45) is 7.15. The van der Waals surface area contributed by atoms with E-state index in [0.29, 0.717) is 18.5 Å². The van der Waals surface area contributed by atoms with Gasteiger partial charge in [-0.15, -0.1) is 0 Å². The summed E-state index contributed by atoms with van der Waals surface area (Å²) in [5, 5.41) is 9.63. The third kappa shape index (κ3) is 3.90. The number of rotatable bonds is 6. The van der Waals surface area contributed by atoms with Gasteiger partial charge in [-0.05, 0) is 18.9 Å². The molecule has 0 saturated heterocycles. The van der Waals surface area contributed by atoms with Crippen LogP contribution in [0.4, 0.5) is 0 Å². The van der Waals surface area contributed by atoms with E-state index in [2.05, 4.69) is 6.07 Å². The van der Waals surface area contributed by atoms with Gasteiger partial charge in [-0.25, -0.2) is 0 Å². The molecule has 1 saturated carbocycles. The van der Waals surface area contributed by atoms with Crippen LogP contribution in [0, 0.1) is 17.2 Å². The Hall–Kier alpha value is -2.61. The molecule has 0 N–H and O–H groups in total. The van der Waals surface area contributed by atoms with Gasteiger partial charge in [0.15, 0.2) is 6.61 Å². The van der Waals surface area contributed by atoms with Crippen molar-refractivity contribution in [2.24, 2.45) is 5.92 Å². The lowest BCUT2D eigenvalue weighted by Gasteiger charge is -2.19. The van der Waals surface area contributed by atoms with Gasteiger partial charge in [0, 0.05) is 29.2 Å². The van der Waals surface area contributed by atoms with Gasteiger partial charge in [-0.2, -0.15) is 5.26 Å². The minimum atomic E-state index is -0.249. The van der Waals surface area contributed by atoms with Crippen LogP contribution in [0.25, 0.3) is 10.9 Å². The van der Waals surface area contributed by atoms with Crippen LogP contribution in [0.1, 0.15) is 48.9 Å². The van der Waals surface area contributed by atoms with Crippen LogP contribution in [-0.4, -0.2) is 22.9 Å². The van der Waals surface area contributed by atoms with Crippen LogP contribution in [0.3, 0.4) is 0 Å². The quantitative estimate of drug-likeness (QED) is 0.592. The molecule has 1 aromatic carbocycles. The first-order valence-electron chi connectivity index (χ1n) is 8.85. The monoisotopic (exact) mass is 338 g/mol.